The average Bonchev–Trinajstić information content (AvgIpc) is 2.78. The normalized spacial score (nSPS) is 17.4. The third-order valence-corrected chi connectivity index (χ3v) is 2.86. The Balaban J connectivity index is 2.11. The first-order valence-corrected chi connectivity index (χ1v) is 5.10. The fraction of sp³-hybridized carbons (Fsp3) is 0.556. The van der Waals surface area contributed by atoms with Crippen molar-refractivity contribution >= 4 is 17.8 Å². The van der Waals surface area contributed by atoms with Crippen LogP contribution in [0.25, 0.3) is 0 Å². The molecule has 2 rings (SSSR count). The maximum absolute atomic E-state index is 10.7. The number of carbonyl (C=O) groups excluding carboxylic acids is 1. The van der Waals surface area contributed by atoms with Crippen LogP contribution in [0.1, 0.15) is 12.8 Å². The van der Waals surface area contributed by atoms with Crippen LogP contribution in [0.2, 0.25) is 0 Å². The van der Waals surface area contributed by atoms with Crippen LogP contribution >= 0.6 is 0 Å². The molecule has 1 aromatic heterocycles. The van der Waals surface area contributed by atoms with Crippen LogP contribution in [-0.2, 0) is 4.79 Å². The van der Waals surface area contributed by atoms with E-state index in [0.29, 0.717) is 18.8 Å². The van der Waals surface area contributed by atoms with Crippen molar-refractivity contribution < 1.29 is 9.72 Å². The van der Waals surface area contributed by atoms with Crippen molar-refractivity contribution in [2.45, 2.75) is 12.8 Å². The van der Waals surface area contributed by atoms with Gasteiger partial charge in [-0.15, -0.1) is 5.10 Å². The van der Waals surface area contributed by atoms with Crippen LogP contribution in [0, 0.1) is 16.0 Å². The largest absolute Gasteiger partial charge is 0.366 e. The summed E-state index contributed by atoms with van der Waals surface area (Å²) in [4.78, 5) is 22.7. The summed E-state index contributed by atoms with van der Waals surface area (Å²) in [5.74, 6) is 0.00626. The zero-order valence-corrected chi connectivity index (χ0v) is 8.63. The Bertz CT molecular complexity index is 395. The van der Waals surface area contributed by atoms with Crippen molar-refractivity contribution in [2.24, 2.45) is 5.92 Å². The first-order chi connectivity index (χ1) is 7.72. The summed E-state index contributed by atoms with van der Waals surface area (Å²) in [6, 6.07) is 0. The molecule has 0 bridgehead atoms. The molecule has 2 heterocycles. The van der Waals surface area contributed by atoms with Gasteiger partial charge < -0.3 is 19.8 Å². The number of hydrogen-bond donors (Lipinski definition) is 1. The lowest BCUT2D eigenvalue weighted by Crippen LogP contribution is -2.34. The molecule has 86 valence electrons. The van der Waals surface area contributed by atoms with E-state index in [1.54, 1.807) is 0 Å². The monoisotopic (exact) mass is 224 g/mol. The smallest absolute Gasteiger partial charge is 0.363 e. The van der Waals surface area contributed by atoms with E-state index in [2.05, 4.69) is 10.2 Å². The van der Waals surface area contributed by atoms with Crippen LogP contribution in [0.5, 0.6) is 0 Å². The lowest BCUT2D eigenvalue weighted by Gasteiger charge is -2.29. The minimum absolute atomic E-state index is 0.0791. The third-order valence-electron chi connectivity index (χ3n) is 2.86. The lowest BCUT2D eigenvalue weighted by atomic mass is 9.98. The molecule has 7 nitrogen and oxygen atoms in total. The van der Waals surface area contributed by atoms with Crippen molar-refractivity contribution in [3.05, 3.63) is 16.3 Å². The van der Waals surface area contributed by atoms with Gasteiger partial charge in [0.15, 0.2) is 5.69 Å². The Kier molecular flexibility index (Phi) is 2.84. The molecular weight excluding hydrogens is 212 g/mol. The molecule has 0 unspecified atom stereocenters. The number of rotatable bonds is 3. The second kappa shape index (κ2) is 4.30. The molecule has 1 saturated heterocycles. The van der Waals surface area contributed by atoms with Gasteiger partial charge in [-0.2, -0.15) is 0 Å². The molecule has 16 heavy (non-hydrogen) atoms. The van der Waals surface area contributed by atoms with E-state index in [1.165, 1.54) is 6.20 Å². The Hall–Kier alpha value is -1.92. The maximum Gasteiger partial charge on any atom is 0.366 e. The molecular formula is C9H12N4O3. The van der Waals surface area contributed by atoms with Crippen LogP contribution < -0.4 is 4.90 Å². The minimum atomic E-state index is -0.478. The van der Waals surface area contributed by atoms with E-state index in [9.17, 15) is 14.9 Å². The Labute approximate surface area is 91.6 Å². The Morgan fingerprint density at radius 3 is 2.81 bits per heavy atom. The molecule has 7 heteroatoms. The quantitative estimate of drug-likeness (QED) is 0.464. The molecule has 1 aliphatic rings. The van der Waals surface area contributed by atoms with Gasteiger partial charge in [-0.3, -0.25) is 0 Å². The van der Waals surface area contributed by atoms with Crippen molar-refractivity contribution in [3.63, 3.8) is 0 Å². The van der Waals surface area contributed by atoms with Crippen molar-refractivity contribution in [1.82, 2.24) is 10.2 Å². The Morgan fingerprint density at radius 1 is 1.56 bits per heavy atom. The number of aromatic nitrogens is 2. The Morgan fingerprint density at radius 2 is 2.25 bits per heavy atom. The number of hydrogen-bond acceptors (Lipinski definition) is 5. The maximum atomic E-state index is 10.7. The zero-order chi connectivity index (χ0) is 11.5. The summed E-state index contributed by atoms with van der Waals surface area (Å²) in [6.07, 6.45) is 3.90. The highest BCUT2D eigenvalue weighted by Crippen LogP contribution is 2.28. The second-order valence-corrected chi connectivity index (χ2v) is 3.82. The number of H-pyrrole nitrogens is 1. The van der Waals surface area contributed by atoms with Crippen LogP contribution in [0.4, 0.5) is 11.5 Å². The van der Waals surface area contributed by atoms with Crippen LogP contribution in [0.3, 0.4) is 0 Å². The SMILES string of the molecule is O=CC1CCN(c2cn[nH]c2[N+](=O)[O-])CC1. The highest BCUT2D eigenvalue weighted by Gasteiger charge is 2.25. The van der Waals surface area contributed by atoms with E-state index in [4.69, 9.17) is 0 Å². The highest BCUT2D eigenvalue weighted by molar-refractivity contribution is 5.60. The highest BCUT2D eigenvalue weighted by atomic mass is 16.6. The summed E-state index contributed by atoms with van der Waals surface area (Å²) in [5, 5.41) is 16.7. The molecule has 0 aliphatic carbocycles. The van der Waals surface area contributed by atoms with E-state index in [0.717, 1.165) is 19.1 Å². The van der Waals surface area contributed by atoms with E-state index in [1.807, 2.05) is 4.90 Å². The van der Waals surface area contributed by atoms with Gasteiger partial charge in [-0.1, -0.05) is 5.10 Å². The predicted molar refractivity (Wildman–Crippen MR) is 56.2 cm³/mol. The van der Waals surface area contributed by atoms with E-state index in [-0.39, 0.29) is 11.7 Å². The van der Waals surface area contributed by atoms with Gasteiger partial charge in [0.05, 0.1) is 0 Å². The number of nitro groups is 1. The lowest BCUT2D eigenvalue weighted by molar-refractivity contribution is -0.388. The number of anilines is 1. The molecule has 0 aromatic carbocycles. The summed E-state index contributed by atoms with van der Waals surface area (Å²) in [6.45, 7) is 1.31. The number of carbonyl (C=O) groups is 1. The number of piperidine rings is 1. The topological polar surface area (TPSA) is 92.1 Å². The number of nitrogens with one attached hydrogen (secondary N) is 1. The number of aromatic amines is 1. The van der Waals surface area contributed by atoms with Gasteiger partial charge >= 0.3 is 5.82 Å². The molecule has 1 aromatic rings. The average molecular weight is 224 g/mol. The molecule has 1 N–H and O–H groups in total. The molecule has 1 aliphatic heterocycles. The van der Waals surface area contributed by atoms with Crippen LogP contribution in [-0.4, -0.2) is 34.5 Å². The molecule has 0 amide bonds. The fourth-order valence-electron chi connectivity index (χ4n) is 1.92. The summed E-state index contributed by atoms with van der Waals surface area (Å²) in [5.41, 5.74) is 0.509. The van der Waals surface area contributed by atoms with Crippen molar-refractivity contribution in [2.75, 3.05) is 18.0 Å². The minimum Gasteiger partial charge on any atom is -0.363 e. The van der Waals surface area contributed by atoms with Gasteiger partial charge in [-0.05, 0) is 17.8 Å². The van der Waals surface area contributed by atoms with Gasteiger partial charge in [-0.25, -0.2) is 0 Å². The van der Waals surface area contributed by atoms with Gasteiger partial charge in [0.1, 0.15) is 12.5 Å². The molecule has 0 saturated carbocycles. The molecule has 1 fully saturated rings. The fourth-order valence-corrected chi connectivity index (χ4v) is 1.92. The van der Waals surface area contributed by atoms with E-state index < -0.39 is 4.92 Å². The first-order valence-electron chi connectivity index (χ1n) is 5.10. The van der Waals surface area contributed by atoms with Crippen LogP contribution in [0.15, 0.2) is 6.20 Å². The molecule has 0 atom stereocenters. The van der Waals surface area contributed by atoms with Gasteiger partial charge in [0.25, 0.3) is 0 Å². The predicted octanol–water partition coefficient (Wildman–Crippen LogP) is 0.733. The van der Waals surface area contributed by atoms with Gasteiger partial charge in [0.2, 0.25) is 0 Å². The summed E-state index contributed by atoms with van der Waals surface area (Å²) in [7, 11) is 0. The molecule has 0 radical (unpaired) electrons. The second-order valence-electron chi connectivity index (χ2n) is 3.82. The molecule has 0 spiro atoms. The summed E-state index contributed by atoms with van der Waals surface area (Å²) >= 11 is 0. The standard InChI is InChI=1S/C9H12N4O3/c14-6-7-1-3-12(4-2-7)8-5-10-11-9(8)13(15)16/h5-7H,1-4H2,(H,10,11). The third kappa shape index (κ3) is 1.88. The first kappa shape index (κ1) is 10.6. The van der Waals surface area contributed by atoms with E-state index >= 15 is 0 Å². The zero-order valence-electron chi connectivity index (χ0n) is 8.63. The van der Waals surface area contributed by atoms with Gasteiger partial charge in [0, 0.05) is 19.0 Å². The number of aldehydes is 1. The van der Waals surface area contributed by atoms with Crippen molar-refractivity contribution in [1.29, 1.82) is 0 Å². The van der Waals surface area contributed by atoms with Crippen molar-refractivity contribution in [3.8, 4) is 0 Å². The number of nitrogens with zero attached hydrogens (tertiary/aromatic N) is 3. The summed E-state index contributed by atoms with van der Waals surface area (Å²) < 4.78 is 0.